The number of anilines is 1. The number of hydrogen-bond acceptors (Lipinski definition) is 7. The fraction of sp³-hybridized carbons (Fsp3) is 0.333. The number of amides is 1. The Balaban J connectivity index is 1.53. The smallest absolute Gasteiger partial charge is 0.261 e. The molecule has 3 heterocycles. The van der Waals surface area contributed by atoms with E-state index in [2.05, 4.69) is 32.6 Å². The topological polar surface area (TPSA) is 102 Å². The Labute approximate surface area is 159 Å². The molecule has 8 nitrogen and oxygen atoms in total. The molecule has 0 fully saturated rings. The molecule has 1 amide bonds. The van der Waals surface area contributed by atoms with Crippen LogP contribution in [0.3, 0.4) is 0 Å². The van der Waals surface area contributed by atoms with Gasteiger partial charge >= 0.3 is 0 Å². The lowest BCUT2D eigenvalue weighted by Crippen LogP contribution is -2.15. The minimum atomic E-state index is -0.285. The normalized spacial score (nSPS) is 12.8. The number of unbranched alkanes of at least 4 members (excludes halogenated alkanes) is 1. The average Bonchev–Trinajstić information content (AvgIpc) is 3.35. The Morgan fingerprint density at radius 2 is 2.11 bits per heavy atom. The number of fused-ring (bicyclic) bond motifs is 1. The van der Waals surface area contributed by atoms with E-state index in [9.17, 15) is 4.79 Å². The van der Waals surface area contributed by atoms with E-state index < -0.39 is 0 Å². The van der Waals surface area contributed by atoms with Gasteiger partial charge in [-0.25, -0.2) is 0 Å². The number of aromatic amines is 1. The summed E-state index contributed by atoms with van der Waals surface area (Å²) in [6, 6.07) is 5.54. The Hall–Kier alpha value is -2.94. The van der Waals surface area contributed by atoms with E-state index in [-0.39, 0.29) is 5.91 Å². The van der Waals surface area contributed by atoms with E-state index in [0.29, 0.717) is 41.1 Å². The summed E-state index contributed by atoms with van der Waals surface area (Å²) in [5, 5.41) is 19.3. The number of aromatic nitrogens is 4. The number of nitrogens with one attached hydrogen (secondary N) is 2. The maximum Gasteiger partial charge on any atom is 0.261 e. The summed E-state index contributed by atoms with van der Waals surface area (Å²) in [4.78, 5) is 12.7. The second-order valence-corrected chi connectivity index (χ2v) is 7.14. The van der Waals surface area contributed by atoms with Crippen LogP contribution in [0.25, 0.3) is 11.3 Å². The molecule has 0 spiro atoms. The van der Waals surface area contributed by atoms with Crippen LogP contribution in [-0.2, 0) is 6.42 Å². The van der Waals surface area contributed by atoms with Gasteiger partial charge in [-0.1, -0.05) is 24.7 Å². The number of hydrogen-bond donors (Lipinski definition) is 2. The van der Waals surface area contributed by atoms with Crippen LogP contribution >= 0.6 is 11.3 Å². The standard InChI is InChI=1S/C18H19N5O3S/c1-2-3-4-15-21-23-18(27-15)20-17(24)12-10-19-22-16(12)11-5-6-13-14(9-11)26-8-7-25-13/h5-6,9-10H,2-4,7-8H2,1H3,(H,19,22)(H,20,23,24). The van der Waals surface area contributed by atoms with Crippen LogP contribution in [0.4, 0.5) is 5.13 Å². The number of H-pyrrole nitrogens is 1. The third kappa shape index (κ3) is 3.77. The predicted octanol–water partition coefficient (Wildman–Crippen LogP) is 3.29. The highest BCUT2D eigenvalue weighted by Gasteiger charge is 2.19. The van der Waals surface area contributed by atoms with Gasteiger partial charge in [0.05, 0.1) is 17.5 Å². The summed E-state index contributed by atoms with van der Waals surface area (Å²) in [6.45, 7) is 3.17. The highest BCUT2D eigenvalue weighted by atomic mass is 32.1. The highest BCUT2D eigenvalue weighted by Crippen LogP contribution is 2.35. The monoisotopic (exact) mass is 385 g/mol. The van der Waals surface area contributed by atoms with Crippen LogP contribution in [0.1, 0.15) is 35.1 Å². The third-order valence-corrected chi connectivity index (χ3v) is 5.04. The maximum absolute atomic E-state index is 12.7. The average molecular weight is 385 g/mol. The lowest BCUT2D eigenvalue weighted by molar-refractivity contribution is 0.102. The van der Waals surface area contributed by atoms with Gasteiger partial charge in [-0.15, -0.1) is 10.2 Å². The zero-order valence-corrected chi connectivity index (χ0v) is 15.6. The van der Waals surface area contributed by atoms with Gasteiger partial charge in [-0.3, -0.25) is 15.2 Å². The van der Waals surface area contributed by atoms with Crippen LogP contribution < -0.4 is 14.8 Å². The van der Waals surface area contributed by atoms with Crippen molar-refractivity contribution in [3.05, 3.63) is 35.0 Å². The number of benzene rings is 1. The zero-order chi connectivity index (χ0) is 18.6. The molecule has 0 bridgehead atoms. The van der Waals surface area contributed by atoms with Gasteiger partial charge in [0.2, 0.25) is 5.13 Å². The number of carbonyl (C=O) groups excluding carboxylic acids is 1. The summed E-state index contributed by atoms with van der Waals surface area (Å²) in [5.41, 5.74) is 1.83. The second kappa shape index (κ2) is 7.75. The summed E-state index contributed by atoms with van der Waals surface area (Å²) in [5.74, 6) is 1.07. The Morgan fingerprint density at radius 1 is 1.26 bits per heavy atom. The van der Waals surface area contributed by atoms with Crippen LogP contribution in [0.15, 0.2) is 24.4 Å². The lowest BCUT2D eigenvalue weighted by Gasteiger charge is -2.18. The van der Waals surface area contributed by atoms with Crippen molar-refractivity contribution in [2.75, 3.05) is 18.5 Å². The van der Waals surface area contributed by atoms with E-state index in [1.165, 1.54) is 17.5 Å². The fourth-order valence-electron chi connectivity index (χ4n) is 2.77. The minimum Gasteiger partial charge on any atom is -0.486 e. The molecule has 0 radical (unpaired) electrons. The molecule has 0 saturated heterocycles. The molecule has 27 heavy (non-hydrogen) atoms. The first-order valence-corrected chi connectivity index (χ1v) is 9.63. The van der Waals surface area contributed by atoms with Gasteiger partial charge in [0.15, 0.2) is 11.5 Å². The van der Waals surface area contributed by atoms with E-state index in [4.69, 9.17) is 9.47 Å². The number of carbonyl (C=O) groups is 1. The van der Waals surface area contributed by atoms with Gasteiger partial charge in [0, 0.05) is 12.0 Å². The second-order valence-electron chi connectivity index (χ2n) is 6.08. The molecule has 2 aromatic heterocycles. The zero-order valence-electron chi connectivity index (χ0n) is 14.8. The van der Waals surface area contributed by atoms with Crippen LogP contribution in [0.5, 0.6) is 11.5 Å². The SMILES string of the molecule is CCCCc1nnc(NC(=O)c2cn[nH]c2-c2ccc3c(c2)OCCO3)s1. The third-order valence-electron chi connectivity index (χ3n) is 4.15. The van der Waals surface area contributed by atoms with E-state index in [1.807, 2.05) is 18.2 Å². The van der Waals surface area contributed by atoms with Crippen molar-refractivity contribution in [1.82, 2.24) is 20.4 Å². The van der Waals surface area contributed by atoms with Crippen molar-refractivity contribution in [2.24, 2.45) is 0 Å². The first kappa shape index (κ1) is 17.5. The molecular weight excluding hydrogens is 366 g/mol. The van der Waals surface area contributed by atoms with Gasteiger partial charge in [-0.05, 0) is 24.6 Å². The lowest BCUT2D eigenvalue weighted by atomic mass is 10.1. The Kier molecular flexibility index (Phi) is 5.01. The Morgan fingerprint density at radius 3 is 2.96 bits per heavy atom. The minimum absolute atomic E-state index is 0.285. The van der Waals surface area contributed by atoms with Gasteiger partial charge < -0.3 is 9.47 Å². The summed E-state index contributed by atoms with van der Waals surface area (Å²) in [7, 11) is 0. The first-order chi connectivity index (χ1) is 13.2. The van der Waals surface area contributed by atoms with Gasteiger partial charge in [0.1, 0.15) is 18.2 Å². The highest BCUT2D eigenvalue weighted by molar-refractivity contribution is 7.15. The van der Waals surface area contributed by atoms with Gasteiger partial charge in [-0.2, -0.15) is 5.10 Å². The van der Waals surface area contributed by atoms with Crippen LogP contribution in [0, 0.1) is 0 Å². The summed E-state index contributed by atoms with van der Waals surface area (Å²) in [6.07, 6.45) is 4.52. The van der Waals surface area contributed by atoms with E-state index in [1.54, 1.807) is 0 Å². The first-order valence-electron chi connectivity index (χ1n) is 8.81. The van der Waals surface area contributed by atoms with E-state index in [0.717, 1.165) is 29.8 Å². The van der Waals surface area contributed by atoms with Gasteiger partial charge in [0.25, 0.3) is 5.91 Å². The van der Waals surface area contributed by atoms with Crippen molar-refractivity contribution < 1.29 is 14.3 Å². The van der Waals surface area contributed by atoms with Crippen molar-refractivity contribution in [1.29, 1.82) is 0 Å². The van der Waals surface area contributed by atoms with Crippen molar-refractivity contribution in [2.45, 2.75) is 26.2 Å². The largest absolute Gasteiger partial charge is 0.486 e. The Bertz CT molecular complexity index is 952. The fourth-order valence-corrected chi connectivity index (χ4v) is 3.55. The molecule has 1 aliphatic rings. The van der Waals surface area contributed by atoms with Crippen molar-refractivity contribution in [3.8, 4) is 22.8 Å². The number of nitrogens with zero attached hydrogens (tertiary/aromatic N) is 3. The molecule has 1 aliphatic heterocycles. The molecule has 9 heteroatoms. The number of aryl methyl sites for hydroxylation is 1. The molecule has 3 aromatic rings. The molecule has 4 rings (SSSR count). The molecule has 0 saturated carbocycles. The van der Waals surface area contributed by atoms with Crippen LogP contribution in [-0.4, -0.2) is 39.5 Å². The molecule has 0 aliphatic carbocycles. The summed E-state index contributed by atoms with van der Waals surface area (Å²) < 4.78 is 11.2. The molecule has 0 unspecified atom stereocenters. The van der Waals surface area contributed by atoms with E-state index >= 15 is 0 Å². The molecule has 0 atom stereocenters. The quantitative estimate of drug-likeness (QED) is 0.675. The predicted molar refractivity (Wildman–Crippen MR) is 101 cm³/mol. The van der Waals surface area contributed by atoms with Crippen molar-refractivity contribution in [3.63, 3.8) is 0 Å². The number of ether oxygens (including phenoxy) is 2. The summed E-state index contributed by atoms with van der Waals surface area (Å²) >= 11 is 1.40. The molecular formula is C18H19N5O3S. The maximum atomic E-state index is 12.7. The van der Waals surface area contributed by atoms with Crippen molar-refractivity contribution >= 4 is 22.4 Å². The molecule has 2 N–H and O–H groups in total. The van der Waals surface area contributed by atoms with Crippen LogP contribution in [0.2, 0.25) is 0 Å². The molecule has 140 valence electrons. The molecule has 1 aromatic carbocycles. The number of rotatable bonds is 6.